The summed E-state index contributed by atoms with van der Waals surface area (Å²) in [6, 6.07) is 10.8. The first-order valence-electron chi connectivity index (χ1n) is 7.01. The van der Waals surface area contributed by atoms with E-state index in [9.17, 15) is 0 Å². The highest BCUT2D eigenvalue weighted by molar-refractivity contribution is 6.80. The Balaban J connectivity index is 2.67. The first kappa shape index (κ1) is 15.0. The molecule has 18 heavy (non-hydrogen) atoms. The molecule has 0 saturated heterocycles. The highest BCUT2D eigenvalue weighted by Gasteiger charge is 2.07. The van der Waals surface area contributed by atoms with Crippen LogP contribution in [0.5, 0.6) is 0 Å². The van der Waals surface area contributed by atoms with Gasteiger partial charge in [-0.15, -0.1) is 5.73 Å². The largest absolute Gasteiger partial charge is 0.130 e. The van der Waals surface area contributed by atoms with Crippen LogP contribution in [0.4, 0.5) is 0 Å². The molecule has 0 aliphatic carbocycles. The van der Waals surface area contributed by atoms with Crippen LogP contribution in [-0.2, 0) is 6.42 Å². The molecule has 0 heterocycles. The molecule has 0 aromatic heterocycles. The summed E-state index contributed by atoms with van der Waals surface area (Å²) in [6.45, 7) is 9.33. The molecule has 0 fully saturated rings. The average molecular weight is 258 g/mol. The molecule has 0 amide bonds. The van der Waals surface area contributed by atoms with Crippen molar-refractivity contribution in [2.24, 2.45) is 0 Å². The Morgan fingerprint density at radius 2 is 1.78 bits per heavy atom. The highest BCUT2D eigenvalue weighted by Crippen LogP contribution is 2.14. The van der Waals surface area contributed by atoms with Crippen LogP contribution in [0.3, 0.4) is 0 Å². The van der Waals surface area contributed by atoms with Crippen molar-refractivity contribution in [2.75, 3.05) is 0 Å². The van der Waals surface area contributed by atoms with Gasteiger partial charge in [-0.2, -0.15) is 0 Å². The zero-order valence-corrected chi connectivity index (χ0v) is 13.3. The van der Waals surface area contributed by atoms with Gasteiger partial charge in [0.15, 0.2) is 0 Å². The molecule has 0 nitrogen and oxygen atoms in total. The van der Waals surface area contributed by atoms with E-state index in [0.29, 0.717) is 0 Å². The van der Waals surface area contributed by atoms with Crippen molar-refractivity contribution < 1.29 is 0 Å². The van der Waals surface area contributed by atoms with Crippen LogP contribution in [-0.4, -0.2) is 8.07 Å². The fourth-order valence-corrected chi connectivity index (χ4v) is 2.47. The number of hydrogen-bond acceptors (Lipinski definition) is 0. The fourth-order valence-electron chi connectivity index (χ4n) is 1.83. The second-order valence-corrected chi connectivity index (χ2v) is 11.0. The van der Waals surface area contributed by atoms with Crippen LogP contribution in [0, 0.1) is 0 Å². The molecule has 0 unspecified atom stereocenters. The van der Waals surface area contributed by atoms with E-state index < -0.39 is 8.07 Å². The zero-order valence-electron chi connectivity index (χ0n) is 12.3. The SMILES string of the molecule is CCCC(=C=C[Si](C)(C)C)CCc1ccccc1. The summed E-state index contributed by atoms with van der Waals surface area (Å²) in [7, 11) is -1.11. The molecule has 0 aliphatic heterocycles. The van der Waals surface area contributed by atoms with Gasteiger partial charge in [-0.25, -0.2) is 0 Å². The van der Waals surface area contributed by atoms with Crippen LogP contribution in [0.15, 0.2) is 47.3 Å². The van der Waals surface area contributed by atoms with Crippen molar-refractivity contribution in [3.63, 3.8) is 0 Å². The molecule has 0 saturated carbocycles. The fraction of sp³-hybridized carbons (Fsp3) is 0.471. The molecule has 0 spiro atoms. The van der Waals surface area contributed by atoms with Gasteiger partial charge in [0.1, 0.15) is 0 Å². The Morgan fingerprint density at radius 3 is 2.33 bits per heavy atom. The van der Waals surface area contributed by atoms with Crippen molar-refractivity contribution in [3.05, 3.63) is 52.9 Å². The Bertz CT molecular complexity index is 403. The molecule has 98 valence electrons. The summed E-state index contributed by atoms with van der Waals surface area (Å²) >= 11 is 0. The monoisotopic (exact) mass is 258 g/mol. The quantitative estimate of drug-likeness (QED) is 0.475. The van der Waals surface area contributed by atoms with Gasteiger partial charge in [0.25, 0.3) is 0 Å². The Hall–Kier alpha value is -1.04. The van der Waals surface area contributed by atoms with Gasteiger partial charge in [-0.05, 0) is 30.4 Å². The zero-order chi connectivity index (χ0) is 13.4. The minimum atomic E-state index is -1.11. The lowest BCUT2D eigenvalue weighted by Gasteiger charge is -2.08. The molecule has 0 radical (unpaired) electrons. The van der Waals surface area contributed by atoms with Crippen molar-refractivity contribution in [3.8, 4) is 0 Å². The maximum absolute atomic E-state index is 3.58. The maximum atomic E-state index is 3.58. The summed E-state index contributed by atoms with van der Waals surface area (Å²) in [6.07, 6.45) is 4.70. The second kappa shape index (κ2) is 7.40. The van der Waals surface area contributed by atoms with E-state index in [2.05, 4.69) is 68.3 Å². The first-order chi connectivity index (χ1) is 8.51. The van der Waals surface area contributed by atoms with E-state index in [1.54, 1.807) is 0 Å². The predicted octanol–water partition coefficient (Wildman–Crippen LogP) is 5.38. The molecule has 1 aromatic carbocycles. The minimum absolute atomic E-state index is 1.11. The van der Waals surface area contributed by atoms with Crippen molar-refractivity contribution in [1.29, 1.82) is 0 Å². The van der Waals surface area contributed by atoms with Crippen LogP contribution < -0.4 is 0 Å². The molecular weight excluding hydrogens is 232 g/mol. The van der Waals surface area contributed by atoms with Gasteiger partial charge in [-0.1, -0.05) is 69.0 Å². The van der Waals surface area contributed by atoms with E-state index in [4.69, 9.17) is 0 Å². The summed E-state index contributed by atoms with van der Waals surface area (Å²) in [5.41, 5.74) is 8.86. The third kappa shape index (κ3) is 6.63. The van der Waals surface area contributed by atoms with E-state index in [0.717, 1.165) is 12.8 Å². The van der Waals surface area contributed by atoms with Crippen LogP contribution in [0.25, 0.3) is 0 Å². The van der Waals surface area contributed by atoms with Gasteiger partial charge >= 0.3 is 0 Å². The summed E-state index contributed by atoms with van der Waals surface area (Å²) in [5, 5.41) is 0. The lowest BCUT2D eigenvalue weighted by Crippen LogP contribution is -2.14. The summed E-state index contributed by atoms with van der Waals surface area (Å²) in [4.78, 5) is 0. The highest BCUT2D eigenvalue weighted by atomic mass is 28.3. The number of benzene rings is 1. The van der Waals surface area contributed by atoms with Gasteiger partial charge in [0, 0.05) is 0 Å². The van der Waals surface area contributed by atoms with E-state index in [-0.39, 0.29) is 0 Å². The maximum Gasteiger partial charge on any atom is 0.0781 e. The number of aryl methyl sites for hydroxylation is 1. The van der Waals surface area contributed by atoms with Crippen LogP contribution in [0.1, 0.15) is 31.7 Å². The number of allylic oxidation sites excluding steroid dienone is 1. The van der Waals surface area contributed by atoms with Gasteiger partial charge in [-0.3, -0.25) is 0 Å². The molecule has 0 aliphatic rings. The van der Waals surface area contributed by atoms with Crippen LogP contribution in [0.2, 0.25) is 19.6 Å². The predicted molar refractivity (Wildman–Crippen MR) is 84.6 cm³/mol. The van der Waals surface area contributed by atoms with E-state index in [1.165, 1.54) is 24.0 Å². The Kier molecular flexibility index (Phi) is 6.18. The standard InChI is InChI=1S/C17H26Si/c1-5-9-16(14-15-18(2,3)4)12-13-17-10-7-6-8-11-17/h6-8,10-11,15H,5,9,12-13H2,1-4H3. The molecule has 1 heteroatoms. The third-order valence-corrected chi connectivity index (χ3v) is 3.83. The van der Waals surface area contributed by atoms with Gasteiger partial charge < -0.3 is 0 Å². The molecular formula is C17H26Si. The summed E-state index contributed by atoms with van der Waals surface area (Å²) < 4.78 is 0. The average Bonchev–Trinajstić information content (AvgIpc) is 2.33. The Labute approximate surface area is 113 Å². The molecule has 0 bridgehead atoms. The summed E-state index contributed by atoms with van der Waals surface area (Å²) in [5.74, 6) is 0. The van der Waals surface area contributed by atoms with E-state index >= 15 is 0 Å². The molecule has 0 atom stereocenters. The Morgan fingerprint density at radius 1 is 1.11 bits per heavy atom. The molecule has 0 N–H and O–H groups in total. The van der Waals surface area contributed by atoms with Gasteiger partial charge in [0.2, 0.25) is 0 Å². The number of rotatable bonds is 6. The second-order valence-electron chi connectivity index (χ2n) is 5.99. The smallest absolute Gasteiger partial charge is 0.0781 e. The minimum Gasteiger partial charge on any atom is -0.130 e. The molecule has 1 rings (SSSR count). The lowest BCUT2D eigenvalue weighted by atomic mass is 10.0. The molecule has 1 aromatic rings. The van der Waals surface area contributed by atoms with Crippen molar-refractivity contribution in [1.82, 2.24) is 0 Å². The number of hydrogen-bond donors (Lipinski definition) is 0. The van der Waals surface area contributed by atoms with E-state index in [1.807, 2.05) is 0 Å². The topological polar surface area (TPSA) is 0 Å². The van der Waals surface area contributed by atoms with Crippen LogP contribution >= 0.6 is 0 Å². The van der Waals surface area contributed by atoms with Crippen molar-refractivity contribution in [2.45, 2.75) is 52.2 Å². The van der Waals surface area contributed by atoms with Gasteiger partial charge in [0.05, 0.1) is 8.07 Å². The first-order valence-corrected chi connectivity index (χ1v) is 10.6. The lowest BCUT2D eigenvalue weighted by molar-refractivity contribution is 0.820. The van der Waals surface area contributed by atoms with Crippen molar-refractivity contribution >= 4 is 8.07 Å². The normalized spacial score (nSPS) is 10.9. The third-order valence-electron chi connectivity index (χ3n) is 2.82.